The number of aliphatic hydroxyl groups is 1. The van der Waals surface area contributed by atoms with Gasteiger partial charge in [0.05, 0.1) is 17.5 Å². The molecule has 0 amide bonds. The second kappa shape index (κ2) is 6.23. The highest BCUT2D eigenvalue weighted by Crippen LogP contribution is 2.31. The van der Waals surface area contributed by atoms with Crippen LogP contribution in [0, 0.1) is 5.92 Å². The third kappa shape index (κ3) is 3.10. The van der Waals surface area contributed by atoms with E-state index in [0.717, 1.165) is 17.8 Å². The topological polar surface area (TPSA) is 38.0 Å². The van der Waals surface area contributed by atoms with Gasteiger partial charge in [-0.3, -0.25) is 0 Å². The fourth-order valence-corrected chi connectivity index (χ4v) is 3.10. The van der Waals surface area contributed by atoms with Gasteiger partial charge in [-0.25, -0.2) is 4.68 Å². The van der Waals surface area contributed by atoms with Crippen molar-refractivity contribution in [3.63, 3.8) is 0 Å². The molecule has 1 N–H and O–H groups in total. The molecule has 1 aliphatic rings. The van der Waals surface area contributed by atoms with Crippen LogP contribution in [-0.2, 0) is 0 Å². The number of benzene rings is 1. The van der Waals surface area contributed by atoms with E-state index in [2.05, 4.69) is 5.10 Å². The molecule has 0 radical (unpaired) electrons. The SMILES string of the molecule is OC(CC1CCCCC1)c1ccn(-c2ccccc2)n1. The molecule has 3 nitrogen and oxygen atoms in total. The van der Waals surface area contributed by atoms with Gasteiger partial charge in [0, 0.05) is 6.20 Å². The Kier molecular flexibility index (Phi) is 4.16. The molecular weight excluding hydrogens is 248 g/mol. The van der Waals surface area contributed by atoms with Gasteiger partial charge in [-0.1, -0.05) is 50.3 Å². The zero-order valence-corrected chi connectivity index (χ0v) is 11.8. The molecule has 0 spiro atoms. The molecule has 1 aliphatic carbocycles. The summed E-state index contributed by atoms with van der Waals surface area (Å²) in [5, 5.41) is 14.9. The molecule has 1 aromatic heterocycles. The van der Waals surface area contributed by atoms with E-state index in [1.54, 1.807) is 0 Å². The van der Waals surface area contributed by atoms with Crippen LogP contribution in [0.1, 0.15) is 50.3 Å². The number of nitrogens with zero attached hydrogens (tertiary/aromatic N) is 2. The lowest BCUT2D eigenvalue weighted by Crippen LogP contribution is -2.11. The van der Waals surface area contributed by atoms with Gasteiger partial charge in [-0.15, -0.1) is 0 Å². The third-order valence-electron chi connectivity index (χ3n) is 4.25. The first-order valence-corrected chi connectivity index (χ1v) is 7.62. The van der Waals surface area contributed by atoms with E-state index < -0.39 is 6.10 Å². The smallest absolute Gasteiger partial charge is 0.0981 e. The lowest BCUT2D eigenvalue weighted by molar-refractivity contribution is 0.127. The zero-order chi connectivity index (χ0) is 13.8. The number of rotatable bonds is 4. The summed E-state index contributed by atoms with van der Waals surface area (Å²) >= 11 is 0. The summed E-state index contributed by atoms with van der Waals surface area (Å²) in [6, 6.07) is 11.9. The van der Waals surface area contributed by atoms with Crippen molar-refractivity contribution in [3.05, 3.63) is 48.3 Å². The molecule has 3 rings (SSSR count). The zero-order valence-electron chi connectivity index (χ0n) is 11.8. The predicted molar refractivity (Wildman–Crippen MR) is 79.7 cm³/mol. The minimum absolute atomic E-state index is 0.428. The molecule has 1 atom stereocenters. The molecule has 0 bridgehead atoms. The summed E-state index contributed by atoms with van der Waals surface area (Å²) in [7, 11) is 0. The molecule has 106 valence electrons. The van der Waals surface area contributed by atoms with Crippen LogP contribution in [0.2, 0.25) is 0 Å². The van der Waals surface area contributed by atoms with Gasteiger partial charge in [0.1, 0.15) is 0 Å². The summed E-state index contributed by atoms with van der Waals surface area (Å²) in [5.41, 5.74) is 1.82. The van der Waals surface area contributed by atoms with Crippen LogP contribution in [0.15, 0.2) is 42.6 Å². The molecular formula is C17H22N2O. The standard InChI is InChI=1S/C17H22N2O/c20-17(13-14-7-3-1-4-8-14)16-11-12-19(18-16)15-9-5-2-6-10-15/h2,5-6,9-12,14,17,20H,1,3-4,7-8,13H2. The van der Waals surface area contributed by atoms with Crippen molar-refractivity contribution in [3.8, 4) is 5.69 Å². The van der Waals surface area contributed by atoms with Gasteiger partial charge >= 0.3 is 0 Å². The van der Waals surface area contributed by atoms with Crippen LogP contribution in [0.25, 0.3) is 5.69 Å². The second-order valence-corrected chi connectivity index (χ2v) is 5.78. The Morgan fingerprint density at radius 3 is 2.60 bits per heavy atom. The Balaban J connectivity index is 1.66. The Bertz CT molecular complexity index is 529. The van der Waals surface area contributed by atoms with Crippen molar-refractivity contribution in [1.29, 1.82) is 0 Å². The van der Waals surface area contributed by atoms with Crippen molar-refractivity contribution in [2.24, 2.45) is 5.92 Å². The lowest BCUT2D eigenvalue weighted by Gasteiger charge is -2.23. The van der Waals surface area contributed by atoms with Crippen LogP contribution in [0.3, 0.4) is 0 Å². The first-order chi connectivity index (χ1) is 9.83. The maximum Gasteiger partial charge on any atom is 0.0981 e. The maximum atomic E-state index is 10.4. The van der Waals surface area contributed by atoms with E-state index in [0.29, 0.717) is 5.92 Å². The average Bonchev–Trinajstić information content (AvgIpc) is 2.99. The fourth-order valence-electron chi connectivity index (χ4n) is 3.10. The van der Waals surface area contributed by atoms with E-state index in [9.17, 15) is 5.11 Å². The largest absolute Gasteiger partial charge is 0.387 e. The number of para-hydroxylation sites is 1. The van der Waals surface area contributed by atoms with Gasteiger partial charge in [0.15, 0.2) is 0 Å². The summed E-state index contributed by atoms with van der Waals surface area (Å²) in [5.74, 6) is 0.667. The van der Waals surface area contributed by atoms with Crippen molar-refractivity contribution < 1.29 is 5.11 Å². The predicted octanol–water partition coefficient (Wildman–Crippen LogP) is 3.88. The highest BCUT2D eigenvalue weighted by molar-refractivity contribution is 5.30. The molecule has 20 heavy (non-hydrogen) atoms. The molecule has 0 saturated heterocycles. The highest BCUT2D eigenvalue weighted by Gasteiger charge is 2.20. The summed E-state index contributed by atoms with van der Waals surface area (Å²) < 4.78 is 1.83. The van der Waals surface area contributed by atoms with Crippen LogP contribution in [-0.4, -0.2) is 14.9 Å². The van der Waals surface area contributed by atoms with E-state index >= 15 is 0 Å². The Morgan fingerprint density at radius 2 is 1.85 bits per heavy atom. The van der Waals surface area contributed by atoms with Crippen LogP contribution < -0.4 is 0 Å². The van der Waals surface area contributed by atoms with E-state index in [1.165, 1.54) is 32.1 Å². The van der Waals surface area contributed by atoms with Crippen LogP contribution in [0.4, 0.5) is 0 Å². The molecule has 1 aromatic carbocycles. The summed E-state index contributed by atoms with van der Waals surface area (Å²) in [6.45, 7) is 0. The molecule has 1 unspecified atom stereocenters. The lowest BCUT2D eigenvalue weighted by atomic mass is 9.85. The van der Waals surface area contributed by atoms with Crippen molar-refractivity contribution >= 4 is 0 Å². The van der Waals surface area contributed by atoms with E-state index in [-0.39, 0.29) is 0 Å². The molecule has 1 saturated carbocycles. The average molecular weight is 270 g/mol. The maximum absolute atomic E-state index is 10.4. The van der Waals surface area contributed by atoms with Gasteiger partial charge in [0.2, 0.25) is 0 Å². The van der Waals surface area contributed by atoms with Gasteiger partial charge in [0.25, 0.3) is 0 Å². The van der Waals surface area contributed by atoms with Gasteiger partial charge in [-0.05, 0) is 30.5 Å². The first kappa shape index (κ1) is 13.4. The highest BCUT2D eigenvalue weighted by atomic mass is 16.3. The minimum Gasteiger partial charge on any atom is -0.387 e. The monoisotopic (exact) mass is 270 g/mol. The number of hydrogen-bond donors (Lipinski definition) is 1. The third-order valence-corrected chi connectivity index (χ3v) is 4.25. The molecule has 1 heterocycles. The normalized spacial score (nSPS) is 18.1. The fraction of sp³-hybridized carbons (Fsp3) is 0.471. The van der Waals surface area contributed by atoms with Gasteiger partial charge in [-0.2, -0.15) is 5.10 Å². The van der Waals surface area contributed by atoms with Crippen molar-refractivity contribution in [1.82, 2.24) is 9.78 Å². The van der Waals surface area contributed by atoms with Gasteiger partial charge < -0.3 is 5.11 Å². The molecule has 2 aromatic rings. The van der Waals surface area contributed by atoms with Crippen LogP contribution >= 0.6 is 0 Å². The quantitative estimate of drug-likeness (QED) is 0.915. The number of hydrogen-bond acceptors (Lipinski definition) is 2. The second-order valence-electron chi connectivity index (χ2n) is 5.78. The van der Waals surface area contributed by atoms with E-state index in [1.807, 2.05) is 47.3 Å². The summed E-state index contributed by atoms with van der Waals surface area (Å²) in [6.07, 6.45) is 8.86. The number of aliphatic hydroxyl groups excluding tert-OH is 1. The van der Waals surface area contributed by atoms with Crippen molar-refractivity contribution in [2.45, 2.75) is 44.6 Å². The Labute approximate surface area is 120 Å². The first-order valence-electron chi connectivity index (χ1n) is 7.62. The minimum atomic E-state index is -0.428. The van der Waals surface area contributed by atoms with E-state index in [4.69, 9.17) is 0 Å². The van der Waals surface area contributed by atoms with Crippen molar-refractivity contribution in [2.75, 3.05) is 0 Å². The number of aromatic nitrogens is 2. The molecule has 0 aliphatic heterocycles. The van der Waals surface area contributed by atoms with Crippen LogP contribution in [0.5, 0.6) is 0 Å². The molecule has 1 fully saturated rings. The Morgan fingerprint density at radius 1 is 1.10 bits per heavy atom. The Hall–Kier alpha value is -1.61. The molecule has 3 heteroatoms. The summed E-state index contributed by atoms with van der Waals surface area (Å²) in [4.78, 5) is 0.